The van der Waals surface area contributed by atoms with Crippen molar-refractivity contribution in [2.75, 3.05) is 11.9 Å². The molecule has 1 N–H and O–H groups in total. The summed E-state index contributed by atoms with van der Waals surface area (Å²) in [6.07, 6.45) is 0.936. The molecular weight excluding hydrogens is 412 g/mol. The van der Waals surface area contributed by atoms with Gasteiger partial charge in [0, 0.05) is 18.5 Å². The highest BCUT2D eigenvalue weighted by atomic mass is 35.5. The van der Waals surface area contributed by atoms with E-state index in [1.165, 1.54) is 5.56 Å². The summed E-state index contributed by atoms with van der Waals surface area (Å²) in [6, 6.07) is 22.1. The van der Waals surface area contributed by atoms with Crippen LogP contribution in [-0.2, 0) is 16.0 Å². The van der Waals surface area contributed by atoms with E-state index in [0.717, 1.165) is 12.0 Å². The van der Waals surface area contributed by atoms with E-state index >= 15 is 0 Å². The van der Waals surface area contributed by atoms with Crippen molar-refractivity contribution >= 4 is 29.1 Å². The summed E-state index contributed by atoms with van der Waals surface area (Å²) in [5, 5.41) is 3.41. The highest BCUT2D eigenvalue weighted by Gasteiger charge is 2.30. The number of carbonyl (C=O) groups excluding carboxylic acids is 2. The number of nitrogens with zero attached hydrogens (tertiary/aromatic N) is 1. The molecule has 1 heterocycles. The van der Waals surface area contributed by atoms with Gasteiger partial charge in [0.05, 0.1) is 18.2 Å². The zero-order chi connectivity index (χ0) is 21.8. The van der Waals surface area contributed by atoms with Gasteiger partial charge in [0.1, 0.15) is 5.75 Å². The number of rotatable bonds is 5. The first-order valence-electron chi connectivity index (χ1n) is 10.2. The van der Waals surface area contributed by atoms with Gasteiger partial charge in [0.2, 0.25) is 11.8 Å². The summed E-state index contributed by atoms with van der Waals surface area (Å²) >= 11 is 6.17. The minimum atomic E-state index is -0.305. The molecule has 0 aromatic heterocycles. The highest BCUT2D eigenvalue weighted by Crippen LogP contribution is 2.35. The van der Waals surface area contributed by atoms with Crippen LogP contribution in [0, 0.1) is 0 Å². The highest BCUT2D eigenvalue weighted by molar-refractivity contribution is 6.31. The minimum Gasteiger partial charge on any atom is -0.455 e. The van der Waals surface area contributed by atoms with E-state index in [4.69, 9.17) is 16.3 Å². The Morgan fingerprint density at radius 2 is 1.81 bits per heavy atom. The second-order valence-corrected chi connectivity index (χ2v) is 7.92. The van der Waals surface area contributed by atoms with Crippen molar-refractivity contribution in [3.8, 4) is 11.5 Å². The third-order valence-electron chi connectivity index (χ3n) is 5.38. The molecule has 3 aromatic rings. The first-order chi connectivity index (χ1) is 15.0. The summed E-state index contributed by atoms with van der Waals surface area (Å²) in [5.74, 6) is 0.900. The van der Waals surface area contributed by atoms with Crippen LogP contribution >= 0.6 is 11.6 Å². The number of anilines is 1. The molecule has 1 aliphatic heterocycles. The second kappa shape index (κ2) is 9.23. The molecule has 31 heavy (non-hydrogen) atoms. The van der Waals surface area contributed by atoms with E-state index < -0.39 is 0 Å². The second-order valence-electron chi connectivity index (χ2n) is 7.48. The van der Waals surface area contributed by atoms with Gasteiger partial charge in [-0.1, -0.05) is 54.1 Å². The average Bonchev–Trinajstić information content (AvgIpc) is 2.76. The number of para-hydroxylation sites is 1. The van der Waals surface area contributed by atoms with Crippen LogP contribution in [-0.4, -0.2) is 23.3 Å². The summed E-state index contributed by atoms with van der Waals surface area (Å²) in [6.45, 7) is 2.14. The third kappa shape index (κ3) is 4.89. The summed E-state index contributed by atoms with van der Waals surface area (Å²) in [7, 11) is 0. The van der Waals surface area contributed by atoms with Crippen LogP contribution in [0.1, 0.15) is 30.5 Å². The molecule has 1 atom stereocenters. The Labute approximate surface area is 186 Å². The van der Waals surface area contributed by atoms with Gasteiger partial charge in [0.25, 0.3) is 0 Å². The van der Waals surface area contributed by atoms with Gasteiger partial charge in [-0.15, -0.1) is 0 Å². The lowest BCUT2D eigenvalue weighted by atomic mass is 9.90. The summed E-state index contributed by atoms with van der Waals surface area (Å²) in [5.41, 5.74) is 2.68. The molecule has 0 saturated heterocycles. The van der Waals surface area contributed by atoms with Crippen LogP contribution in [0.3, 0.4) is 0 Å². The summed E-state index contributed by atoms with van der Waals surface area (Å²) < 4.78 is 5.93. The van der Waals surface area contributed by atoms with Crippen LogP contribution in [0.15, 0.2) is 72.8 Å². The number of hydrogen-bond donors (Lipinski definition) is 1. The number of ether oxygens (including phenoxy) is 1. The van der Waals surface area contributed by atoms with Gasteiger partial charge < -0.3 is 15.0 Å². The first-order valence-corrected chi connectivity index (χ1v) is 10.6. The largest absolute Gasteiger partial charge is 0.455 e. The number of amides is 2. The number of hydrogen-bond acceptors (Lipinski definition) is 3. The maximum Gasteiger partial charge on any atom is 0.226 e. The van der Waals surface area contributed by atoms with E-state index in [9.17, 15) is 9.59 Å². The van der Waals surface area contributed by atoms with E-state index in [-0.39, 0.29) is 24.3 Å². The Kier molecular flexibility index (Phi) is 6.23. The fourth-order valence-electron chi connectivity index (χ4n) is 3.93. The number of fused-ring (bicyclic) bond motifs is 1. The van der Waals surface area contributed by atoms with Crippen molar-refractivity contribution in [1.82, 2.24) is 4.90 Å². The van der Waals surface area contributed by atoms with Crippen LogP contribution < -0.4 is 10.1 Å². The van der Waals surface area contributed by atoms with E-state index in [2.05, 4.69) is 11.4 Å². The predicted octanol–water partition coefficient (Wildman–Crippen LogP) is 5.61. The lowest BCUT2D eigenvalue weighted by Crippen LogP contribution is -2.40. The van der Waals surface area contributed by atoms with E-state index in [1.807, 2.05) is 48.5 Å². The van der Waals surface area contributed by atoms with Gasteiger partial charge in [-0.05, 0) is 47.9 Å². The minimum absolute atomic E-state index is 0.0387. The maximum absolute atomic E-state index is 13.0. The van der Waals surface area contributed by atoms with Gasteiger partial charge in [-0.25, -0.2) is 0 Å². The van der Waals surface area contributed by atoms with E-state index in [1.54, 1.807) is 30.0 Å². The molecule has 2 amide bonds. The molecule has 3 aromatic carbocycles. The van der Waals surface area contributed by atoms with Crippen molar-refractivity contribution in [3.05, 3.63) is 88.9 Å². The van der Waals surface area contributed by atoms with Crippen LogP contribution in [0.4, 0.5) is 5.69 Å². The third-order valence-corrected chi connectivity index (χ3v) is 5.62. The summed E-state index contributed by atoms with van der Waals surface area (Å²) in [4.78, 5) is 27.0. The van der Waals surface area contributed by atoms with Crippen molar-refractivity contribution in [2.45, 2.75) is 25.8 Å². The molecule has 0 radical (unpaired) electrons. The van der Waals surface area contributed by atoms with Crippen molar-refractivity contribution < 1.29 is 14.3 Å². The average molecular weight is 435 g/mol. The molecule has 0 saturated carbocycles. The Bertz CT molecular complexity index is 1100. The fourth-order valence-corrected chi connectivity index (χ4v) is 4.10. The zero-order valence-corrected chi connectivity index (χ0v) is 17.9. The van der Waals surface area contributed by atoms with Gasteiger partial charge in [0.15, 0.2) is 5.75 Å². The molecule has 6 heteroatoms. The van der Waals surface area contributed by atoms with Crippen LogP contribution in [0.2, 0.25) is 5.02 Å². The van der Waals surface area contributed by atoms with Crippen molar-refractivity contribution in [3.63, 3.8) is 0 Å². The Hall–Kier alpha value is -3.31. The first kappa shape index (κ1) is 20.9. The SMILES string of the molecule is CC(=O)N1CCc2ccccc2C1CC(=O)Nc1cc(Cl)ccc1Oc1ccccc1. The molecule has 0 bridgehead atoms. The monoisotopic (exact) mass is 434 g/mol. The van der Waals surface area contributed by atoms with E-state index in [0.29, 0.717) is 28.8 Å². The molecule has 0 spiro atoms. The van der Waals surface area contributed by atoms with Crippen molar-refractivity contribution in [2.24, 2.45) is 0 Å². The molecular formula is C25H23ClN2O3. The quantitative estimate of drug-likeness (QED) is 0.568. The molecule has 4 rings (SSSR count). The molecule has 1 unspecified atom stereocenters. The lowest BCUT2D eigenvalue weighted by Gasteiger charge is -2.36. The predicted molar refractivity (Wildman–Crippen MR) is 121 cm³/mol. The number of benzene rings is 3. The number of carbonyl (C=O) groups is 2. The van der Waals surface area contributed by atoms with Crippen LogP contribution in [0.25, 0.3) is 0 Å². The van der Waals surface area contributed by atoms with Gasteiger partial charge in [-0.3, -0.25) is 9.59 Å². The normalized spacial score (nSPS) is 15.2. The Balaban J connectivity index is 1.56. The fraction of sp³-hybridized carbons (Fsp3) is 0.200. The standard InChI is InChI=1S/C25H23ClN2O3/c1-17(29)28-14-13-18-7-5-6-10-21(18)23(28)16-25(30)27-22-15-19(26)11-12-24(22)31-20-8-3-2-4-9-20/h2-12,15,23H,13-14,16H2,1H3,(H,27,30). The Morgan fingerprint density at radius 3 is 2.58 bits per heavy atom. The molecule has 5 nitrogen and oxygen atoms in total. The maximum atomic E-state index is 13.0. The number of nitrogens with one attached hydrogen (secondary N) is 1. The van der Waals surface area contributed by atoms with Gasteiger partial charge >= 0.3 is 0 Å². The lowest BCUT2D eigenvalue weighted by molar-refractivity contribution is -0.132. The molecule has 0 fully saturated rings. The molecule has 1 aliphatic rings. The van der Waals surface area contributed by atoms with Crippen molar-refractivity contribution in [1.29, 1.82) is 0 Å². The molecule has 158 valence electrons. The number of halogens is 1. The van der Waals surface area contributed by atoms with Gasteiger partial charge in [-0.2, -0.15) is 0 Å². The zero-order valence-electron chi connectivity index (χ0n) is 17.2. The Morgan fingerprint density at radius 1 is 1.06 bits per heavy atom. The topological polar surface area (TPSA) is 58.6 Å². The smallest absolute Gasteiger partial charge is 0.226 e. The molecule has 0 aliphatic carbocycles. The van der Waals surface area contributed by atoms with Crippen LogP contribution in [0.5, 0.6) is 11.5 Å².